The predicted molar refractivity (Wildman–Crippen MR) is 53.9 cm³/mol. The van der Waals surface area contributed by atoms with Crippen LogP contribution in [0.5, 0.6) is 0 Å². The zero-order valence-corrected chi connectivity index (χ0v) is 6.53. The first-order valence-electron chi connectivity index (χ1n) is 2.40. The Kier molecular flexibility index (Phi) is 81.0. The van der Waals surface area contributed by atoms with E-state index >= 15 is 0 Å². The van der Waals surface area contributed by atoms with E-state index in [0.717, 1.165) is 12.8 Å². The van der Waals surface area contributed by atoms with Gasteiger partial charge in [0.15, 0.2) is 0 Å². The molecule has 0 radical (unpaired) electrons. The van der Waals surface area contributed by atoms with Crippen LogP contribution in [-0.4, -0.2) is 63.7 Å². The smallest absolute Gasteiger partial charge is 0.316 e. The van der Waals surface area contributed by atoms with Gasteiger partial charge in [-0.2, -0.15) is 0 Å². The molecule has 0 aromatic heterocycles. The van der Waals surface area contributed by atoms with Gasteiger partial charge in [0.1, 0.15) is 0 Å². The molecule has 0 aliphatic heterocycles. The first-order chi connectivity index (χ1) is 3.41. The number of rotatable bonds is 2. The summed E-state index contributed by atoms with van der Waals surface area (Å²) in [6, 6.07) is 0. The molecule has 9 heavy (non-hydrogen) atoms. The van der Waals surface area contributed by atoms with Crippen LogP contribution in [0.25, 0.3) is 0 Å². The third-order valence-electron chi connectivity index (χ3n) is 0.512. The van der Waals surface area contributed by atoms with Gasteiger partial charge in [-0.05, 0) is 12.3 Å². The SMILES string of the molecule is CBr.CCCCO.[MgH2].[MgH2]. The predicted octanol–water partition coefficient (Wildman–Crippen LogP) is -0.0425. The van der Waals surface area contributed by atoms with Gasteiger partial charge in [-0.3, -0.25) is 0 Å². The van der Waals surface area contributed by atoms with Gasteiger partial charge in [0, 0.05) is 6.61 Å². The zero-order chi connectivity index (χ0) is 6.12. The van der Waals surface area contributed by atoms with E-state index < -0.39 is 0 Å². The van der Waals surface area contributed by atoms with Crippen LogP contribution in [0.4, 0.5) is 0 Å². The molecule has 54 valence electrons. The third-order valence-corrected chi connectivity index (χ3v) is 0.512. The average molecular weight is 222 g/mol. The fourth-order valence-corrected chi connectivity index (χ4v) is 0.158. The van der Waals surface area contributed by atoms with E-state index in [-0.39, 0.29) is 46.1 Å². The van der Waals surface area contributed by atoms with Gasteiger partial charge >= 0.3 is 46.1 Å². The normalized spacial score (nSPS) is 5.33. The van der Waals surface area contributed by atoms with Crippen LogP contribution < -0.4 is 0 Å². The summed E-state index contributed by atoms with van der Waals surface area (Å²) in [6.45, 7) is 2.40. The van der Waals surface area contributed by atoms with Crippen LogP contribution in [0.1, 0.15) is 19.8 Å². The molecule has 0 aromatic rings. The highest BCUT2D eigenvalue weighted by Gasteiger charge is 1.69. The fourth-order valence-electron chi connectivity index (χ4n) is 0.158. The third kappa shape index (κ3) is 40.2. The van der Waals surface area contributed by atoms with Crippen molar-refractivity contribution in [3.05, 3.63) is 0 Å². The Morgan fingerprint density at radius 3 is 1.56 bits per heavy atom. The monoisotopic (exact) mass is 220 g/mol. The quantitative estimate of drug-likeness (QED) is 0.513. The van der Waals surface area contributed by atoms with E-state index in [9.17, 15) is 0 Å². The van der Waals surface area contributed by atoms with Crippen LogP contribution in [0.2, 0.25) is 0 Å². The fraction of sp³-hybridized carbons (Fsp3) is 1.00. The molecule has 0 fully saturated rings. The van der Waals surface area contributed by atoms with Crippen molar-refractivity contribution >= 4 is 62.0 Å². The largest absolute Gasteiger partial charge is 0.396 e. The summed E-state index contributed by atoms with van der Waals surface area (Å²) in [5.41, 5.74) is 0. The maximum atomic E-state index is 8.07. The maximum Gasteiger partial charge on any atom is 0.316 e. The van der Waals surface area contributed by atoms with Crippen molar-refractivity contribution in [1.29, 1.82) is 0 Å². The molecule has 1 nitrogen and oxygen atoms in total. The number of unbranched alkanes of at least 4 members (excludes halogenated alkanes) is 1. The summed E-state index contributed by atoms with van der Waals surface area (Å²) < 4.78 is 0. The highest BCUT2D eigenvalue weighted by molar-refractivity contribution is 9.08. The summed E-state index contributed by atoms with van der Waals surface area (Å²) in [5.74, 6) is 1.81. The van der Waals surface area contributed by atoms with Crippen molar-refractivity contribution in [3.8, 4) is 0 Å². The van der Waals surface area contributed by atoms with E-state index in [1.54, 1.807) is 0 Å². The molecule has 0 heterocycles. The number of halogens is 1. The Bertz CT molecular complexity index is 22.4. The van der Waals surface area contributed by atoms with Gasteiger partial charge in [-0.25, -0.2) is 0 Å². The molecule has 0 bridgehead atoms. The molecule has 0 amide bonds. The van der Waals surface area contributed by atoms with Crippen LogP contribution in [0.3, 0.4) is 0 Å². The Labute approximate surface area is 98.4 Å². The first kappa shape index (κ1) is 22.4. The van der Waals surface area contributed by atoms with E-state index in [2.05, 4.69) is 22.9 Å². The van der Waals surface area contributed by atoms with Gasteiger partial charge in [-0.1, -0.05) is 29.3 Å². The molecule has 1 N–H and O–H groups in total. The van der Waals surface area contributed by atoms with Crippen LogP contribution >= 0.6 is 15.9 Å². The minimum Gasteiger partial charge on any atom is -0.396 e. The Morgan fingerprint density at radius 2 is 1.56 bits per heavy atom. The lowest BCUT2D eigenvalue weighted by Gasteiger charge is -1.79. The lowest BCUT2D eigenvalue weighted by atomic mass is 10.4. The molecule has 0 atom stereocenters. The average Bonchev–Trinajstić information content (AvgIpc) is 1.75. The summed E-state index contributed by atoms with van der Waals surface area (Å²) in [7, 11) is 0. The van der Waals surface area contributed by atoms with Gasteiger partial charge < -0.3 is 5.11 Å². The highest BCUT2D eigenvalue weighted by Crippen LogP contribution is 1.78. The molecular formula is C5H17BrMg2O. The van der Waals surface area contributed by atoms with Gasteiger partial charge in [-0.15, -0.1) is 0 Å². The van der Waals surface area contributed by atoms with Gasteiger partial charge in [0.2, 0.25) is 0 Å². The van der Waals surface area contributed by atoms with Crippen molar-refractivity contribution in [2.24, 2.45) is 0 Å². The molecule has 0 unspecified atom stereocenters. The summed E-state index contributed by atoms with van der Waals surface area (Å²) in [6.07, 6.45) is 2.04. The Hall–Kier alpha value is 1.97. The highest BCUT2D eigenvalue weighted by atomic mass is 79.9. The number of hydrogen-bond acceptors (Lipinski definition) is 1. The molecule has 0 aliphatic carbocycles. The van der Waals surface area contributed by atoms with Crippen LogP contribution in [-0.2, 0) is 0 Å². The number of aliphatic hydroxyl groups is 1. The van der Waals surface area contributed by atoms with Crippen molar-refractivity contribution in [2.75, 3.05) is 12.4 Å². The molecule has 0 spiro atoms. The summed E-state index contributed by atoms with van der Waals surface area (Å²) in [5, 5.41) is 8.07. The molecule has 0 aromatic carbocycles. The second kappa shape index (κ2) is 32.5. The maximum absolute atomic E-state index is 8.07. The number of hydrogen-bond donors (Lipinski definition) is 1. The Balaban J connectivity index is -0.0000000286. The van der Waals surface area contributed by atoms with Crippen molar-refractivity contribution < 1.29 is 5.11 Å². The van der Waals surface area contributed by atoms with Gasteiger partial charge in [0.25, 0.3) is 0 Å². The molecule has 0 saturated carbocycles. The minimum absolute atomic E-state index is 0. The first-order valence-corrected chi connectivity index (χ1v) is 3.99. The lowest BCUT2D eigenvalue weighted by molar-refractivity contribution is 0.287. The molecule has 0 saturated heterocycles. The second-order valence-corrected chi connectivity index (χ2v) is 1.08. The van der Waals surface area contributed by atoms with Crippen molar-refractivity contribution in [2.45, 2.75) is 19.8 Å². The van der Waals surface area contributed by atoms with Crippen LogP contribution in [0.15, 0.2) is 0 Å². The molecular weight excluding hydrogens is 205 g/mol. The van der Waals surface area contributed by atoms with Crippen molar-refractivity contribution in [1.82, 2.24) is 0 Å². The summed E-state index contributed by atoms with van der Waals surface area (Å²) in [4.78, 5) is 0. The molecule has 0 rings (SSSR count). The van der Waals surface area contributed by atoms with Crippen LogP contribution in [0, 0.1) is 0 Å². The zero-order valence-electron chi connectivity index (χ0n) is 4.95. The van der Waals surface area contributed by atoms with E-state index in [4.69, 9.17) is 5.11 Å². The molecule has 0 aliphatic rings. The number of alkyl halides is 1. The van der Waals surface area contributed by atoms with Gasteiger partial charge in [0.05, 0.1) is 0 Å². The van der Waals surface area contributed by atoms with E-state index in [0.29, 0.717) is 6.61 Å². The standard InChI is InChI=1S/C4H10O.CH3Br.2Mg.4H/c1-2-3-4-5;1-2;;;;;;/h5H,2-4H2,1H3;1H3;;;;;;. The topological polar surface area (TPSA) is 20.2 Å². The molecule has 4 heteroatoms. The summed E-state index contributed by atoms with van der Waals surface area (Å²) >= 11 is 2.94. The van der Waals surface area contributed by atoms with Crippen molar-refractivity contribution in [3.63, 3.8) is 0 Å². The minimum atomic E-state index is 0. The second-order valence-electron chi connectivity index (χ2n) is 1.08. The van der Waals surface area contributed by atoms with E-state index in [1.807, 2.05) is 5.83 Å². The Morgan fingerprint density at radius 1 is 1.22 bits per heavy atom. The lowest BCUT2D eigenvalue weighted by Crippen LogP contribution is -1.75. The van der Waals surface area contributed by atoms with E-state index in [1.165, 1.54) is 0 Å². The number of aliphatic hydroxyl groups excluding tert-OH is 1.